The second-order valence-electron chi connectivity index (χ2n) is 8.97. The normalized spacial score (nSPS) is 14.3. The summed E-state index contributed by atoms with van der Waals surface area (Å²) in [5.41, 5.74) is 5.71. The highest BCUT2D eigenvalue weighted by Crippen LogP contribution is 2.30. The highest BCUT2D eigenvalue weighted by atomic mass is 16.1. The van der Waals surface area contributed by atoms with E-state index in [0.29, 0.717) is 5.95 Å². The number of hydrogen-bond acceptors (Lipinski definition) is 6. The summed E-state index contributed by atoms with van der Waals surface area (Å²) in [4.78, 5) is 26.1. The first kappa shape index (κ1) is 23.5. The van der Waals surface area contributed by atoms with Gasteiger partial charge in [0.25, 0.3) is 0 Å². The largest absolute Gasteiger partial charge is 0.369 e. The van der Waals surface area contributed by atoms with E-state index in [9.17, 15) is 4.79 Å². The topological polar surface area (TPSA) is 73.4 Å². The zero-order valence-corrected chi connectivity index (χ0v) is 20.6. The van der Waals surface area contributed by atoms with Gasteiger partial charge in [-0.05, 0) is 62.0 Å². The van der Waals surface area contributed by atoms with E-state index in [-0.39, 0.29) is 5.91 Å². The minimum atomic E-state index is -0.153. The van der Waals surface area contributed by atoms with E-state index in [0.717, 1.165) is 59.6 Å². The maximum absolute atomic E-state index is 12.0. The van der Waals surface area contributed by atoms with Gasteiger partial charge in [-0.1, -0.05) is 36.4 Å². The molecular weight excluding hydrogens is 448 g/mol. The molecule has 2 heterocycles. The summed E-state index contributed by atoms with van der Waals surface area (Å²) in [5, 5.41) is 7.20. The van der Waals surface area contributed by atoms with E-state index in [2.05, 4.69) is 56.7 Å². The van der Waals surface area contributed by atoms with Crippen LogP contribution in [0.1, 0.15) is 6.92 Å². The number of hydrogen-bond donors (Lipinski definition) is 2. The number of benzene rings is 3. The Balaban J connectivity index is 1.38. The van der Waals surface area contributed by atoms with Crippen molar-refractivity contribution >= 4 is 39.8 Å². The standard InChI is InChI=1S/C29H30N6O/c1-3-6-27(36)31-24-9-4-7-21(19-24)26-10-5-8-22-20-30-29(33-28(22)26)32-23-11-13-25(14-12-23)35-17-15-34(2)16-18-35/h3-14,19-20H,15-18H2,1-2H3,(H,31,36)(H,30,32,33). The van der Waals surface area contributed by atoms with Crippen LogP contribution in [0.5, 0.6) is 0 Å². The highest BCUT2D eigenvalue weighted by molar-refractivity contribution is 6.00. The molecule has 4 aromatic rings. The van der Waals surface area contributed by atoms with Gasteiger partial charge in [-0.25, -0.2) is 9.97 Å². The molecule has 0 radical (unpaired) electrons. The number of nitrogens with zero attached hydrogens (tertiary/aromatic N) is 4. The van der Waals surface area contributed by atoms with Crippen LogP contribution in [0.15, 0.2) is 85.1 Å². The van der Waals surface area contributed by atoms with Crippen LogP contribution in [-0.2, 0) is 4.79 Å². The molecule has 1 aliphatic rings. The second-order valence-corrected chi connectivity index (χ2v) is 8.97. The molecule has 0 unspecified atom stereocenters. The fraction of sp³-hybridized carbons (Fsp3) is 0.207. The molecule has 182 valence electrons. The molecule has 5 rings (SSSR count). The summed E-state index contributed by atoms with van der Waals surface area (Å²) in [7, 11) is 2.17. The fourth-order valence-corrected chi connectivity index (χ4v) is 4.40. The van der Waals surface area contributed by atoms with Crippen LogP contribution in [0.3, 0.4) is 0 Å². The number of aromatic nitrogens is 2. The molecule has 3 aromatic carbocycles. The predicted molar refractivity (Wildman–Crippen MR) is 148 cm³/mol. The van der Waals surface area contributed by atoms with Gasteiger partial charge in [0.2, 0.25) is 11.9 Å². The Morgan fingerprint density at radius 3 is 2.50 bits per heavy atom. The Kier molecular flexibility index (Phi) is 6.91. The van der Waals surface area contributed by atoms with Crippen LogP contribution in [0.4, 0.5) is 23.0 Å². The monoisotopic (exact) mass is 478 g/mol. The number of amides is 1. The van der Waals surface area contributed by atoms with Gasteiger partial charge in [0.05, 0.1) is 5.52 Å². The molecule has 7 heteroatoms. The smallest absolute Gasteiger partial charge is 0.248 e. The molecular formula is C29H30N6O. The molecule has 1 amide bonds. The Bertz CT molecular complexity index is 1390. The van der Waals surface area contributed by atoms with E-state index in [4.69, 9.17) is 4.98 Å². The summed E-state index contributed by atoms with van der Waals surface area (Å²) in [6.07, 6.45) is 5.06. The minimum absolute atomic E-state index is 0.153. The first-order valence-electron chi connectivity index (χ1n) is 12.2. The van der Waals surface area contributed by atoms with E-state index >= 15 is 0 Å². The fourth-order valence-electron chi connectivity index (χ4n) is 4.40. The van der Waals surface area contributed by atoms with Gasteiger partial charge in [-0.2, -0.15) is 0 Å². The third-order valence-electron chi connectivity index (χ3n) is 6.36. The number of nitrogens with one attached hydrogen (secondary N) is 2. The molecule has 7 nitrogen and oxygen atoms in total. The molecule has 0 bridgehead atoms. The SMILES string of the molecule is CC=CC(=O)Nc1cccc(-c2cccc3cnc(Nc4ccc(N5CCN(C)CC5)cc4)nc23)c1. The number of fused-ring (bicyclic) bond motifs is 1. The van der Waals surface area contributed by atoms with Crippen molar-refractivity contribution in [3.8, 4) is 11.1 Å². The van der Waals surface area contributed by atoms with Crippen LogP contribution >= 0.6 is 0 Å². The Hall–Kier alpha value is -4.23. The van der Waals surface area contributed by atoms with Crippen molar-refractivity contribution in [2.45, 2.75) is 6.92 Å². The molecule has 1 fully saturated rings. The lowest BCUT2D eigenvalue weighted by Gasteiger charge is -2.34. The summed E-state index contributed by atoms with van der Waals surface area (Å²) >= 11 is 0. The van der Waals surface area contributed by atoms with Gasteiger partial charge in [-0.15, -0.1) is 0 Å². The predicted octanol–water partition coefficient (Wildman–Crippen LogP) is 5.31. The zero-order valence-electron chi connectivity index (χ0n) is 20.6. The Morgan fingerprint density at radius 2 is 1.72 bits per heavy atom. The van der Waals surface area contributed by atoms with Crippen LogP contribution in [-0.4, -0.2) is 54.0 Å². The Morgan fingerprint density at radius 1 is 0.944 bits per heavy atom. The van der Waals surface area contributed by atoms with Gasteiger partial charge in [-0.3, -0.25) is 4.79 Å². The van der Waals surface area contributed by atoms with Gasteiger partial charge >= 0.3 is 0 Å². The minimum Gasteiger partial charge on any atom is -0.369 e. The van der Waals surface area contributed by atoms with Crippen molar-refractivity contribution < 1.29 is 4.79 Å². The maximum Gasteiger partial charge on any atom is 0.248 e. The maximum atomic E-state index is 12.0. The molecule has 0 atom stereocenters. The number of carbonyl (C=O) groups is 1. The average Bonchev–Trinajstić information content (AvgIpc) is 2.89. The number of anilines is 4. The number of likely N-dealkylation sites (N-methyl/N-ethyl adjacent to an activating group) is 1. The lowest BCUT2D eigenvalue weighted by molar-refractivity contribution is -0.111. The quantitative estimate of drug-likeness (QED) is 0.366. The summed E-state index contributed by atoms with van der Waals surface area (Å²) in [5.74, 6) is 0.389. The number of piperazine rings is 1. The first-order chi connectivity index (χ1) is 17.6. The third-order valence-corrected chi connectivity index (χ3v) is 6.36. The van der Waals surface area contributed by atoms with Crippen molar-refractivity contribution in [2.24, 2.45) is 0 Å². The van der Waals surface area contributed by atoms with Gasteiger partial charge in [0.1, 0.15) is 0 Å². The molecule has 1 aromatic heterocycles. The Labute approximate surface area is 211 Å². The van der Waals surface area contributed by atoms with Crippen molar-refractivity contribution in [3.63, 3.8) is 0 Å². The van der Waals surface area contributed by atoms with Crippen molar-refractivity contribution in [1.82, 2.24) is 14.9 Å². The van der Waals surface area contributed by atoms with Crippen molar-refractivity contribution in [3.05, 3.63) is 85.1 Å². The molecule has 36 heavy (non-hydrogen) atoms. The van der Waals surface area contributed by atoms with E-state index in [1.165, 1.54) is 11.8 Å². The second kappa shape index (κ2) is 10.6. The van der Waals surface area contributed by atoms with E-state index in [1.54, 1.807) is 6.08 Å². The summed E-state index contributed by atoms with van der Waals surface area (Å²) in [6, 6.07) is 22.3. The van der Waals surface area contributed by atoms with Crippen molar-refractivity contribution in [2.75, 3.05) is 48.8 Å². The lowest BCUT2D eigenvalue weighted by atomic mass is 10.0. The zero-order chi connectivity index (χ0) is 24.9. The van der Waals surface area contributed by atoms with Gasteiger partial charge in [0.15, 0.2) is 0 Å². The van der Waals surface area contributed by atoms with Crippen LogP contribution in [0.2, 0.25) is 0 Å². The van der Waals surface area contributed by atoms with E-state index in [1.807, 2.05) is 55.6 Å². The number of allylic oxidation sites excluding steroid dienone is 1. The molecule has 2 N–H and O–H groups in total. The first-order valence-corrected chi connectivity index (χ1v) is 12.2. The van der Waals surface area contributed by atoms with Crippen LogP contribution in [0.25, 0.3) is 22.0 Å². The van der Waals surface area contributed by atoms with Crippen LogP contribution < -0.4 is 15.5 Å². The van der Waals surface area contributed by atoms with Crippen molar-refractivity contribution in [1.29, 1.82) is 0 Å². The number of rotatable bonds is 6. The van der Waals surface area contributed by atoms with Crippen LogP contribution in [0, 0.1) is 0 Å². The summed E-state index contributed by atoms with van der Waals surface area (Å²) in [6.45, 7) is 6.07. The molecule has 0 saturated carbocycles. The molecule has 0 spiro atoms. The lowest BCUT2D eigenvalue weighted by Crippen LogP contribution is -2.44. The molecule has 1 aliphatic heterocycles. The molecule has 0 aliphatic carbocycles. The van der Waals surface area contributed by atoms with Gasteiger partial charge < -0.3 is 20.4 Å². The van der Waals surface area contributed by atoms with E-state index < -0.39 is 0 Å². The van der Waals surface area contributed by atoms with Gasteiger partial charge in [0, 0.05) is 60.4 Å². The molecule has 1 saturated heterocycles. The highest BCUT2D eigenvalue weighted by Gasteiger charge is 2.14. The summed E-state index contributed by atoms with van der Waals surface area (Å²) < 4.78 is 0. The number of para-hydroxylation sites is 1. The average molecular weight is 479 g/mol. The number of carbonyl (C=O) groups excluding carboxylic acids is 1. The third kappa shape index (κ3) is 5.37.